The second-order valence-corrected chi connectivity index (χ2v) is 5.09. The highest BCUT2D eigenvalue weighted by Crippen LogP contribution is 2.22. The summed E-state index contributed by atoms with van der Waals surface area (Å²) in [7, 11) is 2.05. The number of rotatable bonds is 5. The zero-order valence-corrected chi connectivity index (χ0v) is 11.8. The number of nitrogens with two attached hydrogens (primary N) is 1. The van der Waals surface area contributed by atoms with Crippen molar-refractivity contribution in [2.75, 3.05) is 31.6 Å². The van der Waals surface area contributed by atoms with Crippen molar-refractivity contribution in [2.45, 2.75) is 25.8 Å². The van der Waals surface area contributed by atoms with Gasteiger partial charge in [-0.15, -0.1) is 0 Å². The molecule has 0 saturated carbocycles. The van der Waals surface area contributed by atoms with Crippen LogP contribution in [0.2, 0.25) is 0 Å². The molecule has 1 aliphatic rings. The molecule has 3 N–H and O–H groups in total. The summed E-state index contributed by atoms with van der Waals surface area (Å²) in [6.07, 6.45) is 4.20. The van der Waals surface area contributed by atoms with Crippen LogP contribution in [0.4, 0.5) is 5.69 Å². The molecule has 5 heteroatoms. The van der Waals surface area contributed by atoms with Crippen LogP contribution >= 0.6 is 0 Å². The lowest BCUT2D eigenvalue weighted by atomic mass is 10.2. The van der Waals surface area contributed by atoms with Crippen LogP contribution in [0, 0.1) is 5.41 Å². The SMILES string of the molecule is CCN1CCCC1CN(C)c1cccnc1C(=N)N. The number of anilines is 1. The summed E-state index contributed by atoms with van der Waals surface area (Å²) in [6, 6.07) is 4.47. The molecule has 1 aromatic rings. The maximum absolute atomic E-state index is 7.61. The fraction of sp³-hybridized carbons (Fsp3) is 0.571. The third-order valence-corrected chi connectivity index (χ3v) is 3.84. The van der Waals surface area contributed by atoms with E-state index in [2.05, 4.69) is 28.8 Å². The molecular weight excluding hydrogens is 238 g/mol. The first-order valence-electron chi connectivity index (χ1n) is 6.88. The lowest BCUT2D eigenvalue weighted by Gasteiger charge is -2.29. The van der Waals surface area contributed by atoms with Gasteiger partial charge in [-0.05, 0) is 38.1 Å². The standard InChI is InChI=1S/C14H23N5/c1-3-19-9-5-6-11(19)10-18(2)12-7-4-8-17-13(12)14(15)16/h4,7-8,11H,3,5-6,9-10H2,1-2H3,(H3,15,16). The van der Waals surface area contributed by atoms with E-state index in [1.165, 1.54) is 19.4 Å². The summed E-state index contributed by atoms with van der Waals surface area (Å²) >= 11 is 0. The molecule has 5 nitrogen and oxygen atoms in total. The van der Waals surface area contributed by atoms with E-state index >= 15 is 0 Å². The second-order valence-electron chi connectivity index (χ2n) is 5.09. The zero-order valence-electron chi connectivity index (χ0n) is 11.8. The summed E-state index contributed by atoms with van der Waals surface area (Å²) < 4.78 is 0. The van der Waals surface area contributed by atoms with E-state index in [0.717, 1.165) is 18.8 Å². The smallest absolute Gasteiger partial charge is 0.143 e. The second kappa shape index (κ2) is 6.02. The number of likely N-dealkylation sites (tertiary alicyclic amines) is 1. The maximum Gasteiger partial charge on any atom is 0.143 e. The molecule has 0 radical (unpaired) electrons. The van der Waals surface area contributed by atoms with E-state index in [1.54, 1.807) is 6.20 Å². The van der Waals surface area contributed by atoms with Crippen LogP contribution in [0.3, 0.4) is 0 Å². The predicted octanol–water partition coefficient (Wildman–Crippen LogP) is 1.29. The molecule has 0 aromatic carbocycles. The van der Waals surface area contributed by atoms with Gasteiger partial charge in [-0.3, -0.25) is 15.3 Å². The van der Waals surface area contributed by atoms with Crippen molar-refractivity contribution in [1.29, 1.82) is 5.41 Å². The Balaban J connectivity index is 2.11. The fourth-order valence-corrected chi connectivity index (χ4v) is 2.85. The highest BCUT2D eigenvalue weighted by atomic mass is 15.2. The van der Waals surface area contributed by atoms with Gasteiger partial charge in [0.25, 0.3) is 0 Å². The van der Waals surface area contributed by atoms with Crippen LogP contribution < -0.4 is 10.6 Å². The van der Waals surface area contributed by atoms with Gasteiger partial charge in [0.15, 0.2) is 0 Å². The van der Waals surface area contributed by atoms with Crippen molar-refractivity contribution in [3.8, 4) is 0 Å². The van der Waals surface area contributed by atoms with E-state index in [4.69, 9.17) is 11.1 Å². The molecule has 1 unspecified atom stereocenters. The molecule has 0 spiro atoms. The highest BCUT2D eigenvalue weighted by Gasteiger charge is 2.25. The molecule has 1 atom stereocenters. The van der Waals surface area contributed by atoms with Gasteiger partial charge in [-0.25, -0.2) is 0 Å². The molecule has 0 bridgehead atoms. The number of likely N-dealkylation sites (N-methyl/N-ethyl adjacent to an activating group) is 2. The van der Waals surface area contributed by atoms with Gasteiger partial charge in [0, 0.05) is 25.8 Å². The summed E-state index contributed by atoms with van der Waals surface area (Å²) in [4.78, 5) is 8.89. The summed E-state index contributed by atoms with van der Waals surface area (Å²) in [5.41, 5.74) is 7.12. The Kier molecular flexibility index (Phi) is 4.37. The number of nitrogen functional groups attached to an aromatic ring is 1. The lowest BCUT2D eigenvalue weighted by Crippen LogP contribution is -2.39. The molecule has 1 aromatic heterocycles. The Morgan fingerprint density at radius 2 is 2.42 bits per heavy atom. The molecule has 1 fully saturated rings. The van der Waals surface area contributed by atoms with E-state index in [1.807, 2.05) is 12.1 Å². The highest BCUT2D eigenvalue weighted by molar-refractivity contribution is 5.98. The third kappa shape index (κ3) is 3.04. The first kappa shape index (κ1) is 13.8. The van der Waals surface area contributed by atoms with Gasteiger partial charge in [-0.2, -0.15) is 0 Å². The summed E-state index contributed by atoms with van der Waals surface area (Å²) in [5.74, 6) is 0.0289. The average Bonchev–Trinajstić information content (AvgIpc) is 2.85. The van der Waals surface area contributed by atoms with Crippen LogP contribution in [0.1, 0.15) is 25.5 Å². The number of hydrogen-bond donors (Lipinski definition) is 2. The Morgan fingerprint density at radius 3 is 3.11 bits per heavy atom. The molecule has 0 amide bonds. The number of nitrogens with one attached hydrogen (secondary N) is 1. The van der Waals surface area contributed by atoms with Crippen molar-refractivity contribution in [1.82, 2.24) is 9.88 Å². The van der Waals surface area contributed by atoms with Gasteiger partial charge in [-0.1, -0.05) is 6.92 Å². The minimum Gasteiger partial charge on any atom is -0.382 e. The van der Waals surface area contributed by atoms with Gasteiger partial charge in [0.05, 0.1) is 5.69 Å². The van der Waals surface area contributed by atoms with Crippen molar-refractivity contribution in [3.63, 3.8) is 0 Å². The average molecular weight is 261 g/mol. The molecule has 19 heavy (non-hydrogen) atoms. The first-order chi connectivity index (χ1) is 9.13. The third-order valence-electron chi connectivity index (χ3n) is 3.84. The Bertz CT molecular complexity index is 445. The molecule has 104 valence electrons. The number of nitrogens with zero attached hydrogens (tertiary/aromatic N) is 3. The molecule has 0 aliphatic carbocycles. The molecular formula is C14H23N5. The van der Waals surface area contributed by atoms with Crippen molar-refractivity contribution in [2.24, 2.45) is 5.73 Å². The maximum atomic E-state index is 7.61. The van der Waals surface area contributed by atoms with E-state index < -0.39 is 0 Å². The van der Waals surface area contributed by atoms with E-state index in [9.17, 15) is 0 Å². The lowest BCUT2D eigenvalue weighted by molar-refractivity contribution is 0.270. The van der Waals surface area contributed by atoms with Crippen molar-refractivity contribution < 1.29 is 0 Å². The van der Waals surface area contributed by atoms with E-state index in [-0.39, 0.29) is 5.84 Å². The summed E-state index contributed by atoms with van der Waals surface area (Å²) in [6.45, 7) is 5.47. The number of aromatic nitrogens is 1. The van der Waals surface area contributed by atoms with Crippen LogP contribution in [-0.4, -0.2) is 48.4 Å². The van der Waals surface area contributed by atoms with E-state index in [0.29, 0.717) is 11.7 Å². The Hall–Kier alpha value is -1.62. The van der Waals surface area contributed by atoms with Crippen molar-refractivity contribution in [3.05, 3.63) is 24.0 Å². The molecule has 1 aliphatic heterocycles. The fourth-order valence-electron chi connectivity index (χ4n) is 2.85. The molecule has 2 rings (SSSR count). The number of pyridine rings is 1. The Labute approximate surface area is 114 Å². The minimum atomic E-state index is 0.0289. The minimum absolute atomic E-state index is 0.0289. The molecule has 2 heterocycles. The predicted molar refractivity (Wildman–Crippen MR) is 78.8 cm³/mol. The topological polar surface area (TPSA) is 69.2 Å². The van der Waals surface area contributed by atoms with Gasteiger partial charge < -0.3 is 10.6 Å². The first-order valence-corrected chi connectivity index (χ1v) is 6.88. The Morgan fingerprint density at radius 1 is 1.63 bits per heavy atom. The zero-order chi connectivity index (χ0) is 13.8. The molecule has 1 saturated heterocycles. The van der Waals surface area contributed by atoms with Crippen LogP contribution in [0.25, 0.3) is 0 Å². The summed E-state index contributed by atoms with van der Waals surface area (Å²) in [5, 5.41) is 7.61. The van der Waals surface area contributed by atoms with Gasteiger partial charge >= 0.3 is 0 Å². The normalized spacial score (nSPS) is 19.6. The monoisotopic (exact) mass is 261 g/mol. The van der Waals surface area contributed by atoms with Gasteiger partial charge in [0.2, 0.25) is 0 Å². The van der Waals surface area contributed by atoms with Crippen LogP contribution in [-0.2, 0) is 0 Å². The van der Waals surface area contributed by atoms with Crippen molar-refractivity contribution >= 4 is 11.5 Å². The largest absolute Gasteiger partial charge is 0.382 e. The van der Waals surface area contributed by atoms with Crippen LogP contribution in [0.5, 0.6) is 0 Å². The number of hydrogen-bond acceptors (Lipinski definition) is 4. The quantitative estimate of drug-likeness (QED) is 0.619. The number of amidine groups is 1. The van der Waals surface area contributed by atoms with Gasteiger partial charge in [0.1, 0.15) is 11.5 Å². The van der Waals surface area contributed by atoms with Crippen LogP contribution in [0.15, 0.2) is 18.3 Å².